The third-order valence-electron chi connectivity index (χ3n) is 4.41. The summed E-state index contributed by atoms with van der Waals surface area (Å²) in [5, 5.41) is 9.15. The second-order valence-corrected chi connectivity index (χ2v) is 6.21. The lowest BCUT2D eigenvalue weighted by atomic mass is 9.97. The molecule has 3 rings (SSSR count). The zero-order chi connectivity index (χ0) is 20.1. The van der Waals surface area contributed by atoms with E-state index in [1.807, 2.05) is 30.3 Å². The highest BCUT2D eigenvalue weighted by Crippen LogP contribution is 2.33. The second kappa shape index (κ2) is 8.54. The van der Waals surface area contributed by atoms with Gasteiger partial charge in [0.05, 0.1) is 25.5 Å². The first-order valence-corrected chi connectivity index (χ1v) is 8.60. The summed E-state index contributed by atoms with van der Waals surface area (Å²) in [5.41, 5.74) is 6.07. The molecule has 28 heavy (non-hydrogen) atoms. The number of ether oxygens (including phenoxy) is 2. The minimum atomic E-state index is -0.705. The molecule has 0 amide bonds. The van der Waals surface area contributed by atoms with Crippen LogP contribution in [-0.4, -0.2) is 25.4 Å². The Morgan fingerprint density at radius 3 is 2.50 bits per heavy atom. The van der Waals surface area contributed by atoms with Gasteiger partial charge in [-0.3, -0.25) is 10.7 Å². The van der Waals surface area contributed by atoms with Crippen LogP contribution in [0.3, 0.4) is 0 Å². The van der Waals surface area contributed by atoms with Crippen LogP contribution in [0.25, 0.3) is 11.1 Å². The van der Waals surface area contributed by atoms with Crippen molar-refractivity contribution in [2.24, 2.45) is 0 Å². The van der Waals surface area contributed by atoms with Crippen LogP contribution in [0.4, 0.5) is 10.1 Å². The molecule has 0 saturated carbocycles. The Balaban J connectivity index is 1.97. The Kier molecular flexibility index (Phi) is 5.91. The molecule has 0 bridgehead atoms. The van der Waals surface area contributed by atoms with E-state index in [2.05, 4.69) is 10.2 Å². The maximum absolute atomic E-state index is 13.9. The molecule has 0 aromatic heterocycles. The highest BCUT2D eigenvalue weighted by atomic mass is 19.1. The van der Waals surface area contributed by atoms with Gasteiger partial charge in [0, 0.05) is 5.56 Å². The number of hydrogen-bond donors (Lipinski definition) is 2. The van der Waals surface area contributed by atoms with E-state index in [1.165, 1.54) is 19.2 Å². The lowest BCUT2D eigenvalue weighted by Gasteiger charge is -2.13. The van der Waals surface area contributed by atoms with E-state index in [-0.39, 0.29) is 5.56 Å². The Morgan fingerprint density at radius 1 is 1.04 bits per heavy atom. The summed E-state index contributed by atoms with van der Waals surface area (Å²) in [7, 11) is 2.81. The maximum Gasteiger partial charge on any atom is 0.340 e. The normalized spacial score (nSPS) is 10.4. The topological polar surface area (TPSA) is 67.8 Å². The SMILES string of the molecule is COC(=O)c1cc(Cc2ccc(OC)c(-c3cccc(NO)c3)c2)ccc1F. The molecule has 0 atom stereocenters. The van der Waals surface area contributed by atoms with E-state index >= 15 is 0 Å². The Labute approximate surface area is 162 Å². The van der Waals surface area contributed by atoms with Crippen LogP contribution in [0.1, 0.15) is 21.5 Å². The van der Waals surface area contributed by atoms with Gasteiger partial charge in [0.25, 0.3) is 0 Å². The number of carbonyl (C=O) groups is 1. The van der Waals surface area contributed by atoms with Crippen molar-refractivity contribution in [2.75, 3.05) is 19.7 Å². The Bertz CT molecular complexity index is 1000. The fraction of sp³-hybridized carbons (Fsp3) is 0.136. The van der Waals surface area contributed by atoms with E-state index < -0.39 is 11.8 Å². The van der Waals surface area contributed by atoms with Crippen molar-refractivity contribution in [3.63, 3.8) is 0 Å². The third-order valence-corrected chi connectivity index (χ3v) is 4.41. The minimum absolute atomic E-state index is 0.0875. The number of carbonyl (C=O) groups excluding carboxylic acids is 1. The number of anilines is 1. The molecule has 2 N–H and O–H groups in total. The highest BCUT2D eigenvalue weighted by molar-refractivity contribution is 5.89. The van der Waals surface area contributed by atoms with E-state index in [9.17, 15) is 9.18 Å². The molecular formula is C22H20FNO4. The van der Waals surface area contributed by atoms with Crippen molar-refractivity contribution in [3.8, 4) is 16.9 Å². The first kappa shape index (κ1) is 19.4. The molecule has 6 heteroatoms. The number of nitrogens with one attached hydrogen (secondary N) is 1. The summed E-state index contributed by atoms with van der Waals surface area (Å²) < 4.78 is 24.0. The van der Waals surface area contributed by atoms with Crippen molar-refractivity contribution >= 4 is 11.7 Å². The summed E-state index contributed by atoms with van der Waals surface area (Å²) >= 11 is 0. The standard InChI is InChI=1S/C22H20FNO4/c1-27-21-9-7-15(11-18(21)16-4-3-5-17(13-16)24-26)10-14-6-8-20(23)19(12-14)22(25)28-2/h3-9,11-13,24,26H,10H2,1-2H3. The molecule has 5 nitrogen and oxygen atoms in total. The molecule has 3 aromatic carbocycles. The molecule has 0 unspecified atom stereocenters. The molecule has 0 saturated heterocycles. The number of rotatable bonds is 6. The fourth-order valence-corrected chi connectivity index (χ4v) is 3.03. The van der Waals surface area contributed by atoms with Gasteiger partial charge < -0.3 is 9.47 Å². The monoisotopic (exact) mass is 381 g/mol. The molecule has 0 fully saturated rings. The first-order valence-electron chi connectivity index (χ1n) is 8.60. The number of halogens is 1. The van der Waals surface area contributed by atoms with Crippen LogP contribution in [0, 0.1) is 5.82 Å². The Hall–Kier alpha value is -3.38. The van der Waals surface area contributed by atoms with Gasteiger partial charge in [-0.1, -0.05) is 24.3 Å². The average molecular weight is 381 g/mol. The van der Waals surface area contributed by atoms with Gasteiger partial charge in [0.1, 0.15) is 11.6 Å². The smallest absolute Gasteiger partial charge is 0.340 e. The Morgan fingerprint density at radius 2 is 1.79 bits per heavy atom. The van der Waals surface area contributed by atoms with Crippen LogP contribution in [0.5, 0.6) is 5.75 Å². The molecule has 3 aromatic rings. The molecule has 0 radical (unpaired) electrons. The summed E-state index contributed by atoms with van der Waals surface area (Å²) in [4.78, 5) is 11.7. The summed E-state index contributed by atoms with van der Waals surface area (Å²) in [6.45, 7) is 0. The van der Waals surface area contributed by atoms with Crippen molar-refractivity contribution in [1.82, 2.24) is 0 Å². The van der Waals surface area contributed by atoms with Crippen LogP contribution >= 0.6 is 0 Å². The molecule has 0 aliphatic heterocycles. The van der Waals surface area contributed by atoms with Crippen molar-refractivity contribution in [2.45, 2.75) is 6.42 Å². The minimum Gasteiger partial charge on any atom is -0.496 e. The van der Waals surface area contributed by atoms with E-state index in [0.29, 0.717) is 17.9 Å². The van der Waals surface area contributed by atoms with E-state index in [1.54, 1.807) is 25.3 Å². The van der Waals surface area contributed by atoms with E-state index in [0.717, 1.165) is 22.3 Å². The summed E-state index contributed by atoms with van der Waals surface area (Å²) in [5.74, 6) is -0.629. The van der Waals surface area contributed by atoms with Gasteiger partial charge in [-0.25, -0.2) is 9.18 Å². The maximum atomic E-state index is 13.9. The van der Waals surface area contributed by atoms with Gasteiger partial charge in [-0.05, 0) is 59.5 Å². The fourth-order valence-electron chi connectivity index (χ4n) is 3.03. The van der Waals surface area contributed by atoms with Gasteiger partial charge >= 0.3 is 5.97 Å². The lowest BCUT2D eigenvalue weighted by Crippen LogP contribution is -2.05. The zero-order valence-electron chi connectivity index (χ0n) is 15.5. The van der Waals surface area contributed by atoms with E-state index in [4.69, 9.17) is 9.94 Å². The molecular weight excluding hydrogens is 361 g/mol. The quantitative estimate of drug-likeness (QED) is 0.479. The van der Waals surface area contributed by atoms with Crippen molar-refractivity contribution in [3.05, 3.63) is 83.2 Å². The predicted octanol–water partition coefficient (Wildman–Crippen LogP) is 4.68. The van der Waals surface area contributed by atoms with Gasteiger partial charge in [0.15, 0.2) is 0 Å². The second-order valence-electron chi connectivity index (χ2n) is 6.21. The third kappa shape index (κ3) is 4.13. The van der Waals surface area contributed by atoms with Gasteiger partial charge in [0.2, 0.25) is 0 Å². The van der Waals surface area contributed by atoms with Crippen molar-refractivity contribution in [1.29, 1.82) is 0 Å². The number of esters is 1. The predicted molar refractivity (Wildman–Crippen MR) is 104 cm³/mol. The summed E-state index contributed by atoms with van der Waals surface area (Å²) in [6, 6.07) is 17.4. The molecule has 0 spiro atoms. The average Bonchev–Trinajstić information content (AvgIpc) is 2.74. The van der Waals surface area contributed by atoms with Crippen molar-refractivity contribution < 1.29 is 23.9 Å². The molecule has 0 aliphatic carbocycles. The van der Waals surface area contributed by atoms with Crippen LogP contribution < -0.4 is 10.2 Å². The first-order chi connectivity index (χ1) is 13.5. The highest BCUT2D eigenvalue weighted by Gasteiger charge is 2.14. The molecule has 0 aliphatic rings. The van der Waals surface area contributed by atoms with Crippen LogP contribution in [-0.2, 0) is 11.2 Å². The number of hydrogen-bond acceptors (Lipinski definition) is 5. The molecule has 0 heterocycles. The van der Waals surface area contributed by atoms with Gasteiger partial charge in [-0.15, -0.1) is 0 Å². The van der Waals surface area contributed by atoms with Gasteiger partial charge in [-0.2, -0.15) is 0 Å². The summed E-state index contributed by atoms with van der Waals surface area (Å²) in [6.07, 6.45) is 0.499. The number of methoxy groups -OCH3 is 2. The van der Waals surface area contributed by atoms with Crippen LogP contribution in [0.15, 0.2) is 60.7 Å². The number of benzene rings is 3. The zero-order valence-corrected chi connectivity index (χ0v) is 15.5. The van der Waals surface area contributed by atoms with Crippen LogP contribution in [0.2, 0.25) is 0 Å². The largest absolute Gasteiger partial charge is 0.496 e. The lowest BCUT2D eigenvalue weighted by molar-refractivity contribution is 0.0595. The molecule has 144 valence electrons.